The summed E-state index contributed by atoms with van der Waals surface area (Å²) in [6, 6.07) is 17.9. The molecule has 0 spiro atoms. The van der Waals surface area contributed by atoms with Gasteiger partial charge in [-0.3, -0.25) is 9.69 Å². The minimum atomic E-state index is -0.343. The molecule has 148 valence electrons. The molecule has 5 nitrogen and oxygen atoms in total. The molecule has 0 aliphatic carbocycles. The first-order chi connectivity index (χ1) is 13.6. The monoisotopic (exact) mass is 380 g/mol. The molecule has 0 radical (unpaired) electrons. The van der Waals surface area contributed by atoms with Crippen LogP contribution in [0, 0.1) is 0 Å². The van der Waals surface area contributed by atoms with Crippen LogP contribution in [0.1, 0.15) is 34.8 Å². The van der Waals surface area contributed by atoms with Crippen LogP contribution in [0.25, 0.3) is 0 Å². The third-order valence-corrected chi connectivity index (χ3v) is 5.28. The van der Waals surface area contributed by atoms with Crippen LogP contribution in [0.15, 0.2) is 54.6 Å². The molecule has 5 heteroatoms. The summed E-state index contributed by atoms with van der Waals surface area (Å²) in [5, 5.41) is 0. The Morgan fingerprint density at radius 2 is 1.71 bits per heavy atom. The van der Waals surface area contributed by atoms with E-state index in [0.717, 1.165) is 31.7 Å². The Morgan fingerprint density at radius 1 is 1.00 bits per heavy atom. The molecular weight excluding hydrogens is 352 g/mol. The fourth-order valence-corrected chi connectivity index (χ4v) is 3.71. The van der Waals surface area contributed by atoms with Crippen molar-refractivity contribution in [2.45, 2.75) is 32.4 Å². The molecule has 1 aliphatic rings. The summed E-state index contributed by atoms with van der Waals surface area (Å²) in [5.74, 6) is -0.145. The van der Waals surface area contributed by atoms with Crippen LogP contribution in [-0.4, -0.2) is 54.5 Å². The van der Waals surface area contributed by atoms with Gasteiger partial charge < -0.3 is 9.64 Å². The van der Waals surface area contributed by atoms with Crippen LogP contribution in [0.5, 0.6) is 0 Å². The van der Waals surface area contributed by atoms with E-state index in [-0.39, 0.29) is 17.9 Å². The van der Waals surface area contributed by atoms with Gasteiger partial charge in [-0.2, -0.15) is 0 Å². The topological polar surface area (TPSA) is 49.9 Å². The van der Waals surface area contributed by atoms with Gasteiger partial charge in [-0.25, -0.2) is 4.79 Å². The number of carbonyl (C=O) groups is 2. The maximum Gasteiger partial charge on any atom is 0.337 e. The highest BCUT2D eigenvalue weighted by Gasteiger charge is 2.27. The van der Waals surface area contributed by atoms with Crippen molar-refractivity contribution in [2.75, 3.05) is 26.7 Å². The molecule has 2 aromatic rings. The van der Waals surface area contributed by atoms with Crippen LogP contribution in [-0.2, 0) is 22.5 Å². The van der Waals surface area contributed by atoms with E-state index < -0.39 is 0 Å². The SMILES string of the molecule is COC(=O)c1ccc(CCC(=O)N2CCN(Cc3ccccc3)CC2C)cc1. The van der Waals surface area contributed by atoms with Crippen LogP contribution in [0.4, 0.5) is 0 Å². The van der Waals surface area contributed by atoms with Crippen LogP contribution >= 0.6 is 0 Å². The van der Waals surface area contributed by atoms with Crippen molar-refractivity contribution < 1.29 is 14.3 Å². The normalized spacial score (nSPS) is 17.4. The van der Waals surface area contributed by atoms with E-state index in [0.29, 0.717) is 18.4 Å². The Balaban J connectivity index is 1.48. The number of carbonyl (C=O) groups excluding carboxylic acids is 2. The predicted molar refractivity (Wildman–Crippen MR) is 109 cm³/mol. The maximum atomic E-state index is 12.7. The number of hydrogen-bond acceptors (Lipinski definition) is 4. The van der Waals surface area contributed by atoms with Gasteiger partial charge in [-0.1, -0.05) is 42.5 Å². The molecule has 2 aromatic carbocycles. The number of piperazine rings is 1. The molecule has 0 bridgehead atoms. The van der Waals surface area contributed by atoms with Gasteiger partial charge in [0.2, 0.25) is 5.91 Å². The molecule has 0 saturated carbocycles. The summed E-state index contributed by atoms with van der Waals surface area (Å²) in [4.78, 5) is 28.6. The Hall–Kier alpha value is -2.66. The van der Waals surface area contributed by atoms with E-state index in [4.69, 9.17) is 4.74 Å². The van der Waals surface area contributed by atoms with Crippen molar-refractivity contribution in [3.05, 3.63) is 71.3 Å². The molecule has 0 aromatic heterocycles. The van der Waals surface area contributed by atoms with Gasteiger partial charge in [0.1, 0.15) is 0 Å². The van der Waals surface area contributed by atoms with Crippen molar-refractivity contribution >= 4 is 11.9 Å². The zero-order valence-corrected chi connectivity index (χ0v) is 16.6. The molecule has 1 heterocycles. The van der Waals surface area contributed by atoms with E-state index >= 15 is 0 Å². The Labute approximate surface area is 166 Å². The Morgan fingerprint density at radius 3 is 2.36 bits per heavy atom. The molecular formula is C23H28N2O3. The van der Waals surface area contributed by atoms with Crippen LogP contribution in [0.3, 0.4) is 0 Å². The minimum absolute atomic E-state index is 0.198. The van der Waals surface area contributed by atoms with Crippen molar-refractivity contribution in [3.63, 3.8) is 0 Å². The second-order valence-corrected chi connectivity index (χ2v) is 7.35. The van der Waals surface area contributed by atoms with Crippen LogP contribution < -0.4 is 0 Å². The highest BCUT2D eigenvalue weighted by atomic mass is 16.5. The summed E-state index contributed by atoms with van der Waals surface area (Å²) >= 11 is 0. The zero-order valence-electron chi connectivity index (χ0n) is 16.6. The first kappa shape index (κ1) is 20.1. The summed E-state index contributed by atoms with van der Waals surface area (Å²) in [6.45, 7) is 5.63. The Bertz CT molecular complexity index is 789. The number of ether oxygens (including phenoxy) is 1. The van der Waals surface area contributed by atoms with E-state index in [1.165, 1.54) is 12.7 Å². The van der Waals surface area contributed by atoms with Crippen molar-refractivity contribution in [3.8, 4) is 0 Å². The van der Waals surface area contributed by atoms with Gasteiger partial charge >= 0.3 is 5.97 Å². The largest absolute Gasteiger partial charge is 0.465 e. The van der Waals surface area contributed by atoms with E-state index in [9.17, 15) is 9.59 Å². The number of methoxy groups -OCH3 is 1. The first-order valence-corrected chi connectivity index (χ1v) is 9.80. The predicted octanol–water partition coefficient (Wildman–Crippen LogP) is 3.14. The molecule has 1 aliphatic heterocycles. The number of rotatable bonds is 6. The quantitative estimate of drug-likeness (QED) is 0.723. The number of hydrogen-bond donors (Lipinski definition) is 0. The number of nitrogens with zero attached hydrogens (tertiary/aromatic N) is 2. The summed E-state index contributed by atoms with van der Waals surface area (Å²) in [7, 11) is 1.37. The molecule has 1 fully saturated rings. The second kappa shape index (κ2) is 9.51. The lowest BCUT2D eigenvalue weighted by atomic mass is 10.1. The van der Waals surface area contributed by atoms with Crippen molar-refractivity contribution in [1.29, 1.82) is 0 Å². The summed E-state index contributed by atoms with van der Waals surface area (Å²) < 4.78 is 4.71. The van der Waals surface area contributed by atoms with Gasteiger partial charge in [0, 0.05) is 38.6 Å². The Kier molecular flexibility index (Phi) is 6.82. The molecule has 0 N–H and O–H groups in total. The van der Waals surface area contributed by atoms with Gasteiger partial charge in [0.15, 0.2) is 0 Å². The second-order valence-electron chi connectivity index (χ2n) is 7.35. The summed E-state index contributed by atoms with van der Waals surface area (Å²) in [6.07, 6.45) is 1.16. The standard InChI is InChI=1S/C23H28N2O3/c1-18-16-24(17-20-6-4-3-5-7-20)14-15-25(18)22(26)13-10-19-8-11-21(12-9-19)23(27)28-2/h3-9,11-12,18H,10,13-17H2,1-2H3. The fraction of sp³-hybridized carbons (Fsp3) is 0.391. The average molecular weight is 380 g/mol. The van der Waals surface area contributed by atoms with Crippen LogP contribution in [0.2, 0.25) is 0 Å². The molecule has 1 amide bonds. The highest BCUT2D eigenvalue weighted by molar-refractivity contribution is 5.89. The van der Waals surface area contributed by atoms with Gasteiger partial charge in [0.05, 0.1) is 12.7 Å². The minimum Gasteiger partial charge on any atom is -0.465 e. The van der Waals surface area contributed by atoms with Crippen molar-refractivity contribution in [1.82, 2.24) is 9.80 Å². The van der Waals surface area contributed by atoms with Gasteiger partial charge in [-0.05, 0) is 36.6 Å². The molecule has 1 unspecified atom stereocenters. The number of amides is 1. The molecule has 1 atom stereocenters. The van der Waals surface area contributed by atoms with Gasteiger partial charge in [-0.15, -0.1) is 0 Å². The molecule has 28 heavy (non-hydrogen) atoms. The average Bonchev–Trinajstić information content (AvgIpc) is 2.72. The number of aryl methyl sites for hydroxylation is 1. The van der Waals surface area contributed by atoms with E-state index in [1.807, 2.05) is 23.1 Å². The number of esters is 1. The lowest BCUT2D eigenvalue weighted by molar-refractivity contribution is -0.135. The zero-order chi connectivity index (χ0) is 19.9. The summed E-state index contributed by atoms with van der Waals surface area (Å²) in [5.41, 5.74) is 2.89. The highest BCUT2D eigenvalue weighted by Crippen LogP contribution is 2.15. The molecule has 1 saturated heterocycles. The lowest BCUT2D eigenvalue weighted by Gasteiger charge is -2.40. The van der Waals surface area contributed by atoms with Crippen molar-refractivity contribution in [2.24, 2.45) is 0 Å². The fourth-order valence-electron chi connectivity index (χ4n) is 3.71. The third-order valence-electron chi connectivity index (χ3n) is 5.28. The number of benzene rings is 2. The maximum absolute atomic E-state index is 12.7. The van der Waals surface area contributed by atoms with E-state index in [1.54, 1.807) is 12.1 Å². The first-order valence-electron chi connectivity index (χ1n) is 9.80. The van der Waals surface area contributed by atoms with E-state index in [2.05, 4.69) is 36.1 Å². The lowest BCUT2D eigenvalue weighted by Crippen LogP contribution is -2.53. The van der Waals surface area contributed by atoms with Gasteiger partial charge in [0.25, 0.3) is 0 Å². The molecule has 3 rings (SSSR count). The smallest absolute Gasteiger partial charge is 0.337 e. The third kappa shape index (κ3) is 5.20.